The van der Waals surface area contributed by atoms with E-state index in [1.807, 2.05) is 92.6 Å². The summed E-state index contributed by atoms with van der Waals surface area (Å²) in [6.07, 6.45) is 5.18. The second-order valence-corrected chi connectivity index (χ2v) is 13.7. The summed E-state index contributed by atoms with van der Waals surface area (Å²) < 4.78 is 24.9. The maximum Gasteiger partial charge on any atom is 0.216 e. The van der Waals surface area contributed by atoms with Gasteiger partial charge in [0.05, 0.1) is 11.3 Å². The van der Waals surface area contributed by atoms with Gasteiger partial charge in [0, 0.05) is 73.3 Å². The van der Waals surface area contributed by atoms with E-state index >= 15 is 0 Å². The van der Waals surface area contributed by atoms with Gasteiger partial charge in [-0.25, -0.2) is 4.98 Å². The van der Waals surface area contributed by atoms with E-state index in [-0.39, 0.29) is 43.5 Å². The van der Waals surface area contributed by atoms with Crippen LogP contribution in [0.1, 0.15) is 93.0 Å². The maximum atomic E-state index is 11.7. The van der Waals surface area contributed by atoms with Crippen molar-refractivity contribution in [3.63, 3.8) is 0 Å². The van der Waals surface area contributed by atoms with E-state index in [1.54, 1.807) is 17.5 Å². The molecule has 5 aromatic rings. The standard InChI is InChI=1S/C25H23N2OS.C13H24O2.Ir/c1-14-9-10-18-16-7-6-8-19(22(16)28-24(18)27-14)21-23-17(11-12-26-21)20(15(2)29-23)13-25(3,4)5;1-5-10(6-2)12(14)9-13(15)11(7-3)8-4;/h6-7,9-12H,13H2,1-5H3;9-11,14H,5-8H2,1-4H3;/q-1;;/b;12-9-;/i13D2;;. The molecular formula is C38H47IrN2O3S-. The number of thiophene rings is 1. The van der Waals surface area contributed by atoms with Gasteiger partial charge in [0.15, 0.2) is 5.78 Å². The van der Waals surface area contributed by atoms with Gasteiger partial charge >= 0.3 is 0 Å². The minimum absolute atomic E-state index is 0. The van der Waals surface area contributed by atoms with Gasteiger partial charge in [-0.1, -0.05) is 59.4 Å². The van der Waals surface area contributed by atoms with Gasteiger partial charge in [-0.05, 0) is 80.5 Å². The van der Waals surface area contributed by atoms with E-state index in [9.17, 15) is 9.90 Å². The van der Waals surface area contributed by atoms with Gasteiger partial charge in [-0.2, -0.15) is 0 Å². The fourth-order valence-electron chi connectivity index (χ4n) is 5.52. The molecule has 0 saturated heterocycles. The number of allylic oxidation sites excluding steroid dienone is 2. The molecule has 0 spiro atoms. The van der Waals surface area contributed by atoms with Gasteiger partial charge < -0.3 is 14.5 Å². The predicted molar refractivity (Wildman–Crippen MR) is 185 cm³/mol. The first kappa shape index (κ1) is 33.5. The molecule has 0 atom stereocenters. The number of aliphatic hydroxyl groups is 1. The third-order valence-electron chi connectivity index (χ3n) is 8.04. The summed E-state index contributed by atoms with van der Waals surface area (Å²) in [6, 6.07) is 13.1. The Kier molecular flexibility index (Phi) is 11.6. The summed E-state index contributed by atoms with van der Waals surface area (Å²) in [5.41, 5.74) is 3.98. The van der Waals surface area contributed by atoms with Crippen molar-refractivity contribution in [1.82, 2.24) is 9.97 Å². The van der Waals surface area contributed by atoms with Crippen LogP contribution in [0.4, 0.5) is 0 Å². The molecule has 1 aromatic carbocycles. The summed E-state index contributed by atoms with van der Waals surface area (Å²) in [6.45, 7) is 17.8. The number of ketones is 1. The van der Waals surface area contributed by atoms with Gasteiger partial charge in [-0.15, -0.1) is 29.5 Å². The van der Waals surface area contributed by atoms with Crippen molar-refractivity contribution in [3.05, 3.63) is 70.6 Å². The van der Waals surface area contributed by atoms with Gasteiger partial charge in [0.25, 0.3) is 0 Å². The van der Waals surface area contributed by atoms with Crippen molar-refractivity contribution in [2.24, 2.45) is 17.3 Å². The Morgan fingerprint density at radius 3 is 2.31 bits per heavy atom. The number of furan rings is 1. The summed E-state index contributed by atoms with van der Waals surface area (Å²) in [7, 11) is 0. The number of hydrogen-bond acceptors (Lipinski definition) is 6. The third kappa shape index (κ3) is 8.30. The van der Waals surface area contributed by atoms with Crippen LogP contribution in [0, 0.1) is 37.2 Å². The van der Waals surface area contributed by atoms with E-state index in [1.165, 1.54) is 6.08 Å². The van der Waals surface area contributed by atoms with E-state index in [4.69, 9.17) is 7.16 Å². The molecule has 4 aromatic heterocycles. The molecule has 0 saturated carbocycles. The molecule has 0 aliphatic heterocycles. The molecule has 0 bridgehead atoms. The number of fused-ring (bicyclic) bond motifs is 4. The fourth-order valence-corrected chi connectivity index (χ4v) is 6.62. The predicted octanol–water partition coefficient (Wildman–Crippen LogP) is 11.1. The quantitative estimate of drug-likeness (QED) is 0.0912. The second kappa shape index (κ2) is 15.6. The van der Waals surface area contributed by atoms with E-state index < -0.39 is 11.8 Å². The van der Waals surface area contributed by atoms with Crippen molar-refractivity contribution in [3.8, 4) is 11.3 Å². The Hall–Kier alpha value is -2.86. The smallest absolute Gasteiger partial charge is 0.216 e. The SMILES string of the molecule is CCC(CC)C(=O)/C=C(\O)C(CC)CC.[2H]C([2H])(c1c(C)sc2c(-c3[c-]ccc4c3oc3nc(C)ccc34)nccc12)C(C)(C)C.[Ir]. The van der Waals surface area contributed by atoms with E-state index in [0.29, 0.717) is 11.3 Å². The van der Waals surface area contributed by atoms with Crippen LogP contribution in [-0.2, 0) is 31.3 Å². The minimum Gasteiger partial charge on any atom is -0.512 e. The number of nitrogens with zero attached hydrogens (tertiary/aromatic N) is 2. The second-order valence-electron chi connectivity index (χ2n) is 12.4. The number of carbonyl (C=O) groups excluding carboxylic acids is 1. The number of hydrogen-bond donors (Lipinski definition) is 1. The van der Waals surface area contributed by atoms with Crippen molar-refractivity contribution in [2.45, 2.75) is 94.4 Å². The first-order valence-corrected chi connectivity index (χ1v) is 16.5. The van der Waals surface area contributed by atoms with Gasteiger partial charge in [0.1, 0.15) is 0 Å². The van der Waals surface area contributed by atoms with Gasteiger partial charge in [0.2, 0.25) is 5.71 Å². The Balaban J connectivity index is 0.000000322. The summed E-state index contributed by atoms with van der Waals surface area (Å²) in [5, 5.41) is 12.6. The molecule has 243 valence electrons. The average molecular weight is 806 g/mol. The van der Waals surface area contributed by atoms with Crippen LogP contribution in [0.5, 0.6) is 0 Å². The first-order chi connectivity index (χ1) is 21.7. The minimum atomic E-state index is -1.48. The maximum absolute atomic E-state index is 11.7. The molecule has 0 aliphatic carbocycles. The monoisotopic (exact) mass is 806 g/mol. The van der Waals surface area contributed by atoms with Crippen LogP contribution in [0.15, 0.2) is 52.8 Å². The molecule has 0 unspecified atom stereocenters. The topological polar surface area (TPSA) is 76.2 Å². The molecule has 5 rings (SSSR count). The van der Waals surface area contributed by atoms with Crippen LogP contribution in [0.2, 0.25) is 0 Å². The van der Waals surface area contributed by atoms with Crippen LogP contribution < -0.4 is 0 Å². The van der Waals surface area contributed by atoms with Crippen molar-refractivity contribution < 1.29 is 37.2 Å². The molecule has 1 radical (unpaired) electrons. The normalized spacial score (nSPS) is 13.2. The molecule has 4 heterocycles. The largest absolute Gasteiger partial charge is 0.512 e. The number of rotatable bonds is 9. The zero-order chi connectivity index (χ0) is 34.0. The van der Waals surface area contributed by atoms with Crippen LogP contribution >= 0.6 is 11.3 Å². The Labute approximate surface area is 288 Å². The summed E-state index contributed by atoms with van der Waals surface area (Å²) in [5.74, 6) is 0.547. The molecule has 45 heavy (non-hydrogen) atoms. The number of aliphatic hydroxyl groups excluding tert-OH is 1. The first-order valence-electron chi connectivity index (χ1n) is 16.7. The molecule has 0 amide bonds. The molecule has 0 aliphatic rings. The van der Waals surface area contributed by atoms with Crippen LogP contribution in [0.3, 0.4) is 0 Å². The van der Waals surface area contributed by atoms with Crippen LogP contribution in [-0.4, -0.2) is 20.9 Å². The molecule has 1 N–H and O–H groups in total. The zero-order valence-corrected chi connectivity index (χ0v) is 31.1. The number of aryl methyl sites for hydroxylation is 2. The third-order valence-corrected chi connectivity index (χ3v) is 9.17. The van der Waals surface area contributed by atoms with Crippen molar-refractivity contribution in [1.29, 1.82) is 0 Å². The van der Waals surface area contributed by atoms with Crippen molar-refractivity contribution >= 4 is 49.3 Å². The van der Waals surface area contributed by atoms with Gasteiger partial charge in [-0.3, -0.25) is 4.79 Å². The number of aromatic nitrogens is 2. The number of pyridine rings is 2. The molecule has 5 nitrogen and oxygen atoms in total. The van der Waals surface area contributed by atoms with E-state index in [0.717, 1.165) is 73.9 Å². The average Bonchev–Trinajstić information content (AvgIpc) is 3.54. The molecule has 7 heteroatoms. The summed E-state index contributed by atoms with van der Waals surface area (Å²) in [4.78, 5) is 21.9. The van der Waals surface area contributed by atoms with E-state index in [2.05, 4.69) is 16.0 Å². The van der Waals surface area contributed by atoms with Crippen molar-refractivity contribution in [2.75, 3.05) is 0 Å². The Morgan fingerprint density at radius 1 is 1.02 bits per heavy atom. The van der Waals surface area contributed by atoms with Crippen LogP contribution in [0.25, 0.3) is 43.4 Å². The number of benzene rings is 1. The zero-order valence-electron chi connectivity index (χ0n) is 29.9. The fraction of sp³-hybridized carbons (Fsp3) is 0.447. The Bertz CT molecular complexity index is 1880. The Morgan fingerprint density at radius 2 is 1.69 bits per heavy atom. The molecule has 0 fully saturated rings. The molecular weight excluding hydrogens is 757 g/mol. The summed E-state index contributed by atoms with van der Waals surface area (Å²) >= 11 is 1.58. The number of carbonyl (C=O) groups is 1.